The first-order valence-electron chi connectivity index (χ1n) is 10.1. The lowest BCUT2D eigenvalue weighted by molar-refractivity contribution is 0.0465. The zero-order valence-corrected chi connectivity index (χ0v) is 17.0. The highest BCUT2D eigenvalue weighted by atomic mass is 16.5. The first-order chi connectivity index (χ1) is 15.1. The van der Waals surface area contributed by atoms with Crippen molar-refractivity contribution in [3.05, 3.63) is 87.5 Å². The Bertz CT molecular complexity index is 1340. The summed E-state index contributed by atoms with van der Waals surface area (Å²) in [6.07, 6.45) is 2.65. The Morgan fingerprint density at radius 1 is 1.13 bits per heavy atom. The van der Waals surface area contributed by atoms with Crippen LogP contribution in [0.2, 0.25) is 0 Å². The molecule has 0 bridgehead atoms. The number of para-hydroxylation sites is 1. The molecule has 0 saturated heterocycles. The average molecular weight is 416 g/mol. The molecule has 0 spiro atoms. The van der Waals surface area contributed by atoms with E-state index >= 15 is 0 Å². The largest absolute Gasteiger partial charge is 0.497 e. The van der Waals surface area contributed by atoms with Crippen LogP contribution >= 0.6 is 0 Å². The molecule has 0 N–H and O–H groups in total. The normalized spacial score (nSPS) is 12.7. The third kappa shape index (κ3) is 3.48. The van der Waals surface area contributed by atoms with E-state index in [9.17, 15) is 9.59 Å². The molecule has 1 aliphatic rings. The SMILES string of the molecule is COc1ccc2c(COC(=O)c3nn(-c4ccccc4)c4c3CCC4)cc(=O)oc2c1. The van der Waals surface area contributed by atoms with Gasteiger partial charge in [-0.05, 0) is 43.5 Å². The predicted molar refractivity (Wildman–Crippen MR) is 114 cm³/mol. The van der Waals surface area contributed by atoms with E-state index < -0.39 is 11.6 Å². The minimum Gasteiger partial charge on any atom is -0.497 e. The number of benzene rings is 2. The molecule has 156 valence electrons. The third-order valence-corrected chi connectivity index (χ3v) is 5.52. The number of ether oxygens (including phenoxy) is 2. The molecule has 0 saturated carbocycles. The van der Waals surface area contributed by atoms with Crippen molar-refractivity contribution in [2.75, 3.05) is 7.11 Å². The van der Waals surface area contributed by atoms with Gasteiger partial charge in [0.25, 0.3) is 0 Å². The standard InChI is InChI=1S/C24H20N2O5/c1-29-17-10-11-18-15(12-22(27)31-21(18)13-17)14-30-24(28)23-19-8-5-9-20(19)26(25-23)16-6-3-2-4-7-16/h2-4,6-7,10-13H,5,8-9,14H2,1H3. The second-order valence-electron chi connectivity index (χ2n) is 7.40. The third-order valence-electron chi connectivity index (χ3n) is 5.52. The van der Waals surface area contributed by atoms with E-state index in [1.165, 1.54) is 13.2 Å². The van der Waals surface area contributed by atoms with Gasteiger partial charge >= 0.3 is 11.6 Å². The molecule has 0 fully saturated rings. The van der Waals surface area contributed by atoms with Crippen molar-refractivity contribution < 1.29 is 18.7 Å². The van der Waals surface area contributed by atoms with Crippen molar-refractivity contribution in [2.24, 2.45) is 0 Å². The Kier molecular flexibility index (Phi) is 4.78. The number of carbonyl (C=O) groups is 1. The molecule has 0 unspecified atom stereocenters. The molecule has 2 heterocycles. The summed E-state index contributed by atoms with van der Waals surface area (Å²) in [6.45, 7) is -0.0553. The van der Waals surface area contributed by atoms with Gasteiger partial charge in [-0.25, -0.2) is 14.3 Å². The van der Waals surface area contributed by atoms with Crippen LogP contribution in [0.25, 0.3) is 16.7 Å². The number of methoxy groups -OCH3 is 1. The molecule has 4 aromatic rings. The Morgan fingerprint density at radius 2 is 1.97 bits per heavy atom. The molecule has 2 aromatic carbocycles. The first kappa shape index (κ1) is 19.1. The van der Waals surface area contributed by atoms with Crippen molar-refractivity contribution in [3.8, 4) is 11.4 Å². The van der Waals surface area contributed by atoms with Crippen LogP contribution in [0.5, 0.6) is 5.75 Å². The molecule has 2 aromatic heterocycles. The van der Waals surface area contributed by atoms with Crippen LogP contribution in [0.15, 0.2) is 63.8 Å². The molecule has 31 heavy (non-hydrogen) atoms. The van der Waals surface area contributed by atoms with Gasteiger partial charge in [0.05, 0.1) is 12.8 Å². The van der Waals surface area contributed by atoms with E-state index in [2.05, 4.69) is 5.10 Å². The quantitative estimate of drug-likeness (QED) is 0.363. The smallest absolute Gasteiger partial charge is 0.359 e. The molecule has 0 amide bonds. The summed E-state index contributed by atoms with van der Waals surface area (Å²) < 4.78 is 17.9. The van der Waals surface area contributed by atoms with Crippen molar-refractivity contribution in [3.63, 3.8) is 0 Å². The topological polar surface area (TPSA) is 83.6 Å². The Morgan fingerprint density at radius 3 is 2.77 bits per heavy atom. The van der Waals surface area contributed by atoms with Crippen LogP contribution in [0.1, 0.15) is 33.7 Å². The molecule has 1 aliphatic carbocycles. The summed E-state index contributed by atoms with van der Waals surface area (Å²) in [5, 5.41) is 5.25. The van der Waals surface area contributed by atoms with Gasteiger partial charge in [-0.3, -0.25) is 0 Å². The lowest BCUT2D eigenvalue weighted by Crippen LogP contribution is -2.11. The molecule has 7 nitrogen and oxygen atoms in total. The zero-order valence-electron chi connectivity index (χ0n) is 17.0. The number of carbonyl (C=O) groups excluding carboxylic acids is 1. The number of fused-ring (bicyclic) bond motifs is 2. The Balaban J connectivity index is 1.44. The summed E-state index contributed by atoms with van der Waals surface area (Å²) in [5.41, 5.74) is 3.69. The highest BCUT2D eigenvalue weighted by molar-refractivity contribution is 5.90. The fraction of sp³-hybridized carbons (Fsp3) is 0.208. The van der Waals surface area contributed by atoms with Gasteiger partial charge in [-0.15, -0.1) is 0 Å². The van der Waals surface area contributed by atoms with Crippen molar-refractivity contribution in [2.45, 2.75) is 25.9 Å². The average Bonchev–Trinajstić information content (AvgIpc) is 3.40. The van der Waals surface area contributed by atoms with Crippen LogP contribution in [-0.4, -0.2) is 22.9 Å². The van der Waals surface area contributed by atoms with E-state index in [1.807, 2.05) is 35.0 Å². The van der Waals surface area contributed by atoms with Gasteiger partial charge in [-0.2, -0.15) is 5.10 Å². The lowest BCUT2D eigenvalue weighted by atomic mass is 10.1. The maximum Gasteiger partial charge on any atom is 0.359 e. The molecular formula is C24H20N2O5. The van der Waals surface area contributed by atoms with E-state index in [4.69, 9.17) is 13.9 Å². The van der Waals surface area contributed by atoms with Crippen LogP contribution in [0.3, 0.4) is 0 Å². The van der Waals surface area contributed by atoms with Crippen molar-refractivity contribution in [1.82, 2.24) is 9.78 Å². The molecule has 7 heteroatoms. The Hall–Kier alpha value is -3.87. The number of nitrogens with zero attached hydrogens (tertiary/aromatic N) is 2. The predicted octanol–water partition coefficient (Wildman–Crippen LogP) is 3.83. The summed E-state index contributed by atoms with van der Waals surface area (Å²) in [6, 6.07) is 16.3. The second kappa shape index (κ2) is 7.75. The minimum atomic E-state index is -0.513. The lowest BCUT2D eigenvalue weighted by Gasteiger charge is -2.08. The first-order valence-corrected chi connectivity index (χ1v) is 10.1. The number of hydrogen-bond donors (Lipinski definition) is 0. The van der Waals surface area contributed by atoms with Crippen molar-refractivity contribution >= 4 is 16.9 Å². The highest BCUT2D eigenvalue weighted by Gasteiger charge is 2.28. The zero-order chi connectivity index (χ0) is 21.4. The number of rotatable bonds is 5. The Labute approximate surface area is 177 Å². The maximum absolute atomic E-state index is 12.9. The van der Waals surface area contributed by atoms with E-state index in [0.29, 0.717) is 28.0 Å². The highest BCUT2D eigenvalue weighted by Crippen LogP contribution is 2.29. The van der Waals surface area contributed by atoms with Crippen LogP contribution < -0.4 is 10.4 Å². The maximum atomic E-state index is 12.9. The summed E-state index contributed by atoms with van der Waals surface area (Å²) >= 11 is 0. The molecule has 0 aliphatic heterocycles. The van der Waals surface area contributed by atoms with E-state index in [-0.39, 0.29) is 6.61 Å². The fourth-order valence-electron chi connectivity index (χ4n) is 4.05. The van der Waals surface area contributed by atoms with Gasteiger partial charge < -0.3 is 13.9 Å². The molecule has 0 atom stereocenters. The second-order valence-corrected chi connectivity index (χ2v) is 7.40. The van der Waals surface area contributed by atoms with E-state index in [1.54, 1.807) is 18.2 Å². The van der Waals surface area contributed by atoms with Gasteiger partial charge in [-0.1, -0.05) is 18.2 Å². The monoisotopic (exact) mass is 416 g/mol. The van der Waals surface area contributed by atoms with Gasteiger partial charge in [0.15, 0.2) is 5.69 Å². The molecule has 5 rings (SSSR count). The van der Waals surface area contributed by atoms with Gasteiger partial charge in [0.2, 0.25) is 0 Å². The van der Waals surface area contributed by atoms with Crippen molar-refractivity contribution in [1.29, 1.82) is 0 Å². The summed E-state index contributed by atoms with van der Waals surface area (Å²) in [7, 11) is 1.54. The summed E-state index contributed by atoms with van der Waals surface area (Å²) in [5.74, 6) is 0.0783. The van der Waals surface area contributed by atoms with Gasteiger partial charge in [0.1, 0.15) is 17.9 Å². The fourth-order valence-corrected chi connectivity index (χ4v) is 4.05. The number of esters is 1. The number of hydrogen-bond acceptors (Lipinski definition) is 6. The number of aromatic nitrogens is 2. The van der Waals surface area contributed by atoms with E-state index in [0.717, 1.165) is 36.2 Å². The summed E-state index contributed by atoms with van der Waals surface area (Å²) in [4.78, 5) is 24.9. The molecule has 0 radical (unpaired) electrons. The van der Waals surface area contributed by atoms with Crippen LogP contribution in [-0.2, 0) is 24.2 Å². The van der Waals surface area contributed by atoms with Crippen LogP contribution in [0, 0.1) is 0 Å². The minimum absolute atomic E-state index is 0.0553. The van der Waals surface area contributed by atoms with Crippen LogP contribution in [0.4, 0.5) is 0 Å². The van der Waals surface area contributed by atoms with Gasteiger partial charge in [0, 0.05) is 34.3 Å². The molecular weight excluding hydrogens is 396 g/mol.